The van der Waals surface area contributed by atoms with Gasteiger partial charge in [-0.3, -0.25) is 4.79 Å². The molecule has 0 bridgehead atoms. The maximum absolute atomic E-state index is 11.3. The van der Waals surface area contributed by atoms with E-state index in [-0.39, 0.29) is 0 Å². The SMILES string of the molecule is C=C(C=O)[C@H]1CC[C@H]2[C@@H]3CC[C@@H]4C[C@](C)(O)CC[C@@H]4[C@H]3CC[C@]12C. The third kappa shape index (κ3) is 2.43. The van der Waals surface area contributed by atoms with Crippen molar-refractivity contribution in [1.29, 1.82) is 0 Å². The summed E-state index contributed by atoms with van der Waals surface area (Å²) in [5, 5.41) is 10.5. The highest BCUT2D eigenvalue weighted by Gasteiger charge is 2.57. The summed E-state index contributed by atoms with van der Waals surface area (Å²) < 4.78 is 0. The van der Waals surface area contributed by atoms with E-state index in [9.17, 15) is 9.90 Å². The highest BCUT2D eigenvalue weighted by molar-refractivity contribution is 5.73. The summed E-state index contributed by atoms with van der Waals surface area (Å²) in [5.74, 6) is 4.55. The van der Waals surface area contributed by atoms with Crippen molar-refractivity contribution in [3.8, 4) is 0 Å². The third-order valence-corrected chi connectivity index (χ3v) is 8.84. The van der Waals surface area contributed by atoms with Gasteiger partial charge >= 0.3 is 0 Å². The number of hydrogen-bond acceptors (Lipinski definition) is 2. The van der Waals surface area contributed by atoms with Gasteiger partial charge in [-0.05, 0) is 111 Å². The second kappa shape index (κ2) is 5.69. The molecule has 8 atom stereocenters. The van der Waals surface area contributed by atoms with Crippen LogP contribution in [0, 0.1) is 40.9 Å². The molecule has 0 heterocycles. The van der Waals surface area contributed by atoms with Crippen LogP contribution in [0.5, 0.6) is 0 Å². The van der Waals surface area contributed by atoms with Crippen molar-refractivity contribution in [1.82, 2.24) is 0 Å². The van der Waals surface area contributed by atoms with Gasteiger partial charge in [-0.2, -0.15) is 0 Å². The summed E-state index contributed by atoms with van der Waals surface area (Å²) in [5.41, 5.74) is 0.740. The van der Waals surface area contributed by atoms with Crippen LogP contribution >= 0.6 is 0 Å². The largest absolute Gasteiger partial charge is 0.390 e. The van der Waals surface area contributed by atoms with Crippen LogP contribution in [0.15, 0.2) is 12.2 Å². The zero-order chi connectivity index (χ0) is 17.1. The summed E-state index contributed by atoms with van der Waals surface area (Å²) in [7, 11) is 0. The Kier molecular flexibility index (Phi) is 3.99. The molecule has 0 aromatic rings. The fraction of sp³-hybridized carbons (Fsp3) is 0.864. The molecule has 0 unspecified atom stereocenters. The highest BCUT2D eigenvalue weighted by atomic mass is 16.3. The van der Waals surface area contributed by atoms with E-state index in [4.69, 9.17) is 0 Å². The van der Waals surface area contributed by atoms with Gasteiger partial charge in [0, 0.05) is 0 Å². The maximum atomic E-state index is 11.3. The van der Waals surface area contributed by atoms with Crippen LogP contribution in [0.4, 0.5) is 0 Å². The number of aldehydes is 1. The van der Waals surface area contributed by atoms with E-state index in [1.165, 1.54) is 44.9 Å². The lowest BCUT2D eigenvalue weighted by molar-refractivity contribution is -0.107. The van der Waals surface area contributed by atoms with Gasteiger partial charge in [0.2, 0.25) is 0 Å². The minimum Gasteiger partial charge on any atom is -0.390 e. The Labute approximate surface area is 147 Å². The molecule has 24 heavy (non-hydrogen) atoms. The Bertz CT molecular complexity index is 536. The number of aliphatic hydroxyl groups is 1. The normalized spacial score (nSPS) is 53.6. The Morgan fingerprint density at radius 3 is 2.50 bits per heavy atom. The van der Waals surface area contributed by atoms with Crippen LogP contribution in [0.3, 0.4) is 0 Å². The van der Waals surface area contributed by atoms with Crippen LogP contribution < -0.4 is 0 Å². The van der Waals surface area contributed by atoms with Gasteiger partial charge in [-0.1, -0.05) is 13.5 Å². The minimum absolute atomic E-state index is 0.312. The van der Waals surface area contributed by atoms with Crippen molar-refractivity contribution in [2.75, 3.05) is 0 Å². The van der Waals surface area contributed by atoms with Crippen molar-refractivity contribution in [3.63, 3.8) is 0 Å². The molecule has 2 nitrogen and oxygen atoms in total. The summed E-state index contributed by atoms with van der Waals surface area (Å²) in [6, 6.07) is 0. The zero-order valence-corrected chi connectivity index (χ0v) is 15.5. The number of allylic oxidation sites excluding steroid dienone is 1. The molecule has 0 amide bonds. The molecule has 134 valence electrons. The molecule has 0 aromatic heterocycles. The van der Waals surface area contributed by atoms with Crippen LogP contribution in [0.1, 0.15) is 71.6 Å². The van der Waals surface area contributed by atoms with Gasteiger partial charge in [-0.15, -0.1) is 0 Å². The second-order valence-electron chi connectivity index (χ2n) is 10.0. The van der Waals surface area contributed by atoms with E-state index < -0.39 is 5.60 Å². The molecule has 4 aliphatic rings. The second-order valence-corrected chi connectivity index (χ2v) is 10.0. The standard InChI is InChI=1S/C22H34O2/c1-14(13-23)19-6-7-20-18-5-4-15-12-21(2,24)10-8-16(15)17(18)9-11-22(19,20)3/h13,15-20,24H,1,4-12H2,2-3H3/t15-,16+,17-,18-,19-,20+,21-,22-/m1/s1. The van der Waals surface area contributed by atoms with E-state index >= 15 is 0 Å². The third-order valence-electron chi connectivity index (χ3n) is 8.84. The lowest BCUT2D eigenvalue weighted by atomic mass is 9.49. The lowest BCUT2D eigenvalue weighted by Crippen LogP contribution is -2.50. The molecule has 4 saturated carbocycles. The smallest absolute Gasteiger partial charge is 0.145 e. The monoisotopic (exact) mass is 330 g/mol. The van der Waals surface area contributed by atoms with Gasteiger partial charge in [0.25, 0.3) is 0 Å². The first-order valence-corrected chi connectivity index (χ1v) is 10.2. The first kappa shape index (κ1) is 16.8. The molecule has 0 aromatic carbocycles. The fourth-order valence-electron chi connectivity index (χ4n) is 7.77. The van der Waals surface area contributed by atoms with Crippen molar-refractivity contribution < 1.29 is 9.90 Å². The number of hydrogen-bond donors (Lipinski definition) is 1. The quantitative estimate of drug-likeness (QED) is 0.585. The molecule has 4 fully saturated rings. The maximum Gasteiger partial charge on any atom is 0.145 e. The van der Waals surface area contributed by atoms with E-state index in [2.05, 4.69) is 13.5 Å². The van der Waals surface area contributed by atoms with Crippen molar-refractivity contribution in [2.24, 2.45) is 40.9 Å². The molecule has 0 saturated heterocycles. The summed E-state index contributed by atoms with van der Waals surface area (Å²) >= 11 is 0. The summed E-state index contributed by atoms with van der Waals surface area (Å²) in [6.07, 6.45) is 12.0. The predicted octanol–water partition coefficient (Wildman–Crippen LogP) is 4.76. The van der Waals surface area contributed by atoms with Gasteiger partial charge in [0.05, 0.1) is 5.60 Å². The number of carbonyl (C=O) groups excluding carboxylic acids is 1. The highest BCUT2D eigenvalue weighted by Crippen LogP contribution is 2.65. The number of fused-ring (bicyclic) bond motifs is 5. The average Bonchev–Trinajstić information content (AvgIpc) is 2.90. The van der Waals surface area contributed by atoms with Crippen LogP contribution in [0.25, 0.3) is 0 Å². The van der Waals surface area contributed by atoms with E-state index in [0.29, 0.717) is 11.3 Å². The van der Waals surface area contributed by atoms with Crippen LogP contribution in [-0.4, -0.2) is 17.0 Å². The fourth-order valence-corrected chi connectivity index (χ4v) is 7.77. The number of carbonyl (C=O) groups is 1. The van der Waals surface area contributed by atoms with Crippen LogP contribution in [-0.2, 0) is 4.79 Å². The topological polar surface area (TPSA) is 37.3 Å². The summed E-state index contributed by atoms with van der Waals surface area (Å²) in [6.45, 7) is 8.58. The molecule has 0 radical (unpaired) electrons. The Hall–Kier alpha value is -0.630. The Morgan fingerprint density at radius 1 is 1.00 bits per heavy atom. The molecular weight excluding hydrogens is 296 g/mol. The van der Waals surface area contributed by atoms with Crippen molar-refractivity contribution in [2.45, 2.75) is 77.2 Å². The first-order valence-electron chi connectivity index (χ1n) is 10.2. The molecule has 2 heteroatoms. The van der Waals surface area contributed by atoms with Crippen molar-refractivity contribution >= 4 is 6.29 Å². The van der Waals surface area contributed by atoms with Gasteiger partial charge < -0.3 is 5.11 Å². The molecular formula is C22H34O2. The Balaban J connectivity index is 1.55. The van der Waals surface area contributed by atoms with Gasteiger partial charge in [0.15, 0.2) is 0 Å². The first-order chi connectivity index (χ1) is 11.4. The van der Waals surface area contributed by atoms with Gasteiger partial charge in [-0.25, -0.2) is 0 Å². The van der Waals surface area contributed by atoms with Crippen molar-refractivity contribution in [3.05, 3.63) is 12.2 Å². The minimum atomic E-state index is -0.419. The average molecular weight is 331 g/mol. The molecule has 0 spiro atoms. The molecule has 4 aliphatic carbocycles. The predicted molar refractivity (Wildman–Crippen MR) is 96.4 cm³/mol. The zero-order valence-electron chi connectivity index (χ0n) is 15.5. The number of rotatable bonds is 2. The molecule has 1 N–H and O–H groups in total. The van der Waals surface area contributed by atoms with Crippen LogP contribution in [0.2, 0.25) is 0 Å². The van der Waals surface area contributed by atoms with E-state index in [0.717, 1.165) is 54.3 Å². The molecule has 4 rings (SSSR count). The van der Waals surface area contributed by atoms with Gasteiger partial charge in [0.1, 0.15) is 6.29 Å². The lowest BCUT2D eigenvalue weighted by Gasteiger charge is -2.57. The summed E-state index contributed by atoms with van der Waals surface area (Å²) in [4.78, 5) is 11.3. The molecule has 0 aliphatic heterocycles. The van der Waals surface area contributed by atoms with E-state index in [1.807, 2.05) is 6.92 Å². The van der Waals surface area contributed by atoms with E-state index in [1.54, 1.807) is 0 Å². The Morgan fingerprint density at radius 2 is 1.75 bits per heavy atom.